The maximum absolute atomic E-state index is 13.0. The van der Waals surface area contributed by atoms with E-state index in [1.807, 2.05) is 29.2 Å². The Kier molecular flexibility index (Phi) is 7.82. The molecule has 1 N–H and O–H groups in total. The van der Waals surface area contributed by atoms with Crippen LogP contribution in [0.3, 0.4) is 0 Å². The van der Waals surface area contributed by atoms with E-state index >= 15 is 0 Å². The van der Waals surface area contributed by atoms with Gasteiger partial charge in [-0.2, -0.15) is 0 Å². The van der Waals surface area contributed by atoms with E-state index < -0.39 is 0 Å². The van der Waals surface area contributed by atoms with Crippen molar-refractivity contribution >= 4 is 35.0 Å². The van der Waals surface area contributed by atoms with Crippen LogP contribution in [0.25, 0.3) is 0 Å². The fourth-order valence-corrected chi connectivity index (χ4v) is 5.19. The highest BCUT2D eigenvalue weighted by molar-refractivity contribution is 6.31. The number of likely N-dealkylation sites (tertiary alicyclic amines) is 1. The first kappa shape index (κ1) is 23.9. The van der Waals surface area contributed by atoms with Crippen LogP contribution in [0.1, 0.15) is 54.4 Å². The van der Waals surface area contributed by atoms with Gasteiger partial charge in [0.05, 0.1) is 18.6 Å². The Morgan fingerprint density at radius 3 is 2.58 bits per heavy atom. The third-order valence-electron chi connectivity index (χ3n) is 6.84. The number of rotatable bonds is 2. The molecule has 33 heavy (non-hydrogen) atoms. The fourth-order valence-electron chi connectivity index (χ4n) is 4.81. The van der Waals surface area contributed by atoms with Crippen LogP contribution in [0, 0.1) is 5.41 Å². The Bertz CT molecular complexity index is 1000. The highest BCUT2D eigenvalue weighted by atomic mass is 35.5. The van der Waals surface area contributed by atoms with Crippen LogP contribution in [-0.4, -0.2) is 43.0 Å². The lowest BCUT2D eigenvalue weighted by Gasteiger charge is -2.42. The second kappa shape index (κ2) is 10.8. The zero-order chi connectivity index (χ0) is 23.3. The quantitative estimate of drug-likeness (QED) is 0.604. The van der Waals surface area contributed by atoms with Crippen molar-refractivity contribution in [2.45, 2.75) is 44.9 Å². The van der Waals surface area contributed by atoms with Gasteiger partial charge in [0.1, 0.15) is 5.75 Å². The van der Waals surface area contributed by atoms with Gasteiger partial charge in [-0.05, 0) is 67.0 Å². The number of amides is 2. The average molecular weight is 489 g/mol. The van der Waals surface area contributed by atoms with Crippen molar-refractivity contribution in [3.05, 3.63) is 63.6 Å². The molecule has 0 aliphatic carbocycles. The smallest absolute Gasteiger partial charge is 0.255 e. The second-order valence-electron chi connectivity index (χ2n) is 9.17. The number of nitrogens with one attached hydrogen (secondary N) is 1. The van der Waals surface area contributed by atoms with E-state index in [1.54, 1.807) is 18.2 Å². The number of halogens is 2. The molecule has 2 aromatic rings. The molecular weight excluding hydrogens is 459 g/mol. The molecule has 2 amide bonds. The Labute approximate surface area is 205 Å². The normalized spacial score (nSPS) is 19.0. The van der Waals surface area contributed by atoms with Crippen LogP contribution < -0.4 is 10.1 Å². The molecule has 5 nitrogen and oxygen atoms in total. The molecule has 2 aliphatic heterocycles. The molecule has 4 rings (SSSR count). The molecule has 176 valence electrons. The molecule has 0 bridgehead atoms. The Hall–Kier alpha value is -2.24. The maximum Gasteiger partial charge on any atom is 0.255 e. The van der Waals surface area contributed by atoms with Gasteiger partial charge in [0.15, 0.2) is 0 Å². The van der Waals surface area contributed by atoms with E-state index in [4.69, 9.17) is 27.9 Å². The van der Waals surface area contributed by atoms with E-state index in [0.29, 0.717) is 54.0 Å². The number of piperidine rings is 1. The van der Waals surface area contributed by atoms with Crippen molar-refractivity contribution < 1.29 is 14.3 Å². The Balaban J connectivity index is 1.41. The Morgan fingerprint density at radius 2 is 1.79 bits per heavy atom. The summed E-state index contributed by atoms with van der Waals surface area (Å²) < 4.78 is 5.85. The van der Waals surface area contributed by atoms with Crippen LogP contribution in [-0.2, 0) is 11.2 Å². The van der Waals surface area contributed by atoms with Gasteiger partial charge in [0.25, 0.3) is 5.91 Å². The summed E-state index contributed by atoms with van der Waals surface area (Å²) in [7, 11) is 0. The minimum atomic E-state index is -0.160. The van der Waals surface area contributed by atoms with E-state index in [1.165, 1.54) is 0 Å². The summed E-state index contributed by atoms with van der Waals surface area (Å²) in [5.41, 5.74) is 1.42. The minimum absolute atomic E-state index is 0.00128. The lowest BCUT2D eigenvalue weighted by Crippen LogP contribution is -2.48. The van der Waals surface area contributed by atoms with Gasteiger partial charge in [0, 0.05) is 29.7 Å². The van der Waals surface area contributed by atoms with Crippen LogP contribution in [0.2, 0.25) is 10.0 Å². The lowest BCUT2D eigenvalue weighted by atomic mass is 9.74. The number of hydrogen-bond donors (Lipinski definition) is 1. The standard InChI is InChI=1S/C26H30Cl2N2O3/c27-20-6-4-5-19(15-20)16-24(31)30-12-10-26(11-13-30)9-2-1-3-14-33-23-8-7-21(28)17-22(23)25(32)29-18-26/h4-8,15,17H,1-3,9-14,16,18H2,(H,29,32). The zero-order valence-electron chi connectivity index (χ0n) is 18.7. The van der Waals surface area contributed by atoms with Gasteiger partial charge in [-0.15, -0.1) is 0 Å². The number of hydrogen-bond acceptors (Lipinski definition) is 3. The summed E-state index contributed by atoms with van der Waals surface area (Å²) in [4.78, 5) is 27.8. The van der Waals surface area contributed by atoms with Crippen LogP contribution >= 0.6 is 23.2 Å². The second-order valence-corrected chi connectivity index (χ2v) is 10.0. The largest absolute Gasteiger partial charge is 0.493 e. The van der Waals surface area contributed by atoms with E-state index in [2.05, 4.69) is 5.32 Å². The first-order valence-electron chi connectivity index (χ1n) is 11.7. The minimum Gasteiger partial charge on any atom is -0.493 e. The predicted octanol–water partition coefficient (Wildman–Crippen LogP) is 5.53. The molecule has 2 aliphatic rings. The summed E-state index contributed by atoms with van der Waals surface area (Å²) in [6.45, 7) is 2.59. The van der Waals surface area contributed by atoms with Crippen molar-refractivity contribution in [1.29, 1.82) is 0 Å². The lowest BCUT2D eigenvalue weighted by molar-refractivity contribution is -0.132. The molecule has 0 radical (unpaired) electrons. The summed E-state index contributed by atoms with van der Waals surface area (Å²) in [5, 5.41) is 4.30. The third kappa shape index (κ3) is 6.21. The number of ether oxygens (including phenoxy) is 1. The van der Waals surface area contributed by atoms with Gasteiger partial charge >= 0.3 is 0 Å². The van der Waals surface area contributed by atoms with Crippen LogP contribution in [0.4, 0.5) is 0 Å². The number of carbonyl (C=O) groups excluding carboxylic acids is 2. The molecule has 2 heterocycles. The average Bonchev–Trinajstić information content (AvgIpc) is 2.80. The summed E-state index contributed by atoms with van der Waals surface area (Å²) in [5.74, 6) is 0.546. The molecule has 7 heteroatoms. The van der Waals surface area contributed by atoms with Crippen molar-refractivity contribution in [3.63, 3.8) is 0 Å². The van der Waals surface area contributed by atoms with Crippen molar-refractivity contribution in [2.24, 2.45) is 5.41 Å². The number of carbonyl (C=O) groups is 2. The highest BCUT2D eigenvalue weighted by Gasteiger charge is 2.36. The number of fused-ring (bicyclic) bond motifs is 1. The van der Waals surface area contributed by atoms with Crippen LogP contribution in [0.15, 0.2) is 42.5 Å². The summed E-state index contributed by atoms with van der Waals surface area (Å²) in [6, 6.07) is 12.7. The van der Waals surface area contributed by atoms with E-state index in [9.17, 15) is 9.59 Å². The SMILES string of the molecule is O=C1NCC2(CCCCCOc3ccc(Cl)cc31)CCN(C(=O)Cc1cccc(Cl)c1)CC2. The zero-order valence-corrected chi connectivity index (χ0v) is 20.3. The number of nitrogens with zero attached hydrogens (tertiary/aromatic N) is 1. The Morgan fingerprint density at radius 1 is 1.00 bits per heavy atom. The molecule has 0 unspecified atom stereocenters. The van der Waals surface area contributed by atoms with Crippen molar-refractivity contribution in [2.75, 3.05) is 26.2 Å². The van der Waals surface area contributed by atoms with Crippen LogP contribution in [0.5, 0.6) is 5.75 Å². The molecule has 2 aromatic carbocycles. The predicted molar refractivity (Wildman–Crippen MR) is 131 cm³/mol. The molecular formula is C26H30Cl2N2O3. The van der Waals surface area contributed by atoms with Crippen molar-refractivity contribution in [3.8, 4) is 5.75 Å². The third-order valence-corrected chi connectivity index (χ3v) is 7.31. The monoisotopic (exact) mass is 488 g/mol. The van der Waals surface area contributed by atoms with Gasteiger partial charge in [-0.3, -0.25) is 9.59 Å². The summed E-state index contributed by atoms with van der Waals surface area (Å²) in [6.07, 6.45) is 6.28. The van der Waals surface area contributed by atoms with Crippen molar-refractivity contribution in [1.82, 2.24) is 10.2 Å². The van der Waals surface area contributed by atoms with Gasteiger partial charge < -0.3 is 15.0 Å². The first-order chi connectivity index (χ1) is 15.9. The van der Waals surface area contributed by atoms with E-state index in [0.717, 1.165) is 44.1 Å². The molecule has 1 saturated heterocycles. The molecule has 1 spiro atoms. The van der Waals surface area contributed by atoms with Gasteiger partial charge in [-0.1, -0.05) is 48.2 Å². The molecule has 1 fully saturated rings. The first-order valence-corrected chi connectivity index (χ1v) is 12.4. The molecule has 0 atom stereocenters. The topological polar surface area (TPSA) is 58.6 Å². The molecule has 0 aromatic heterocycles. The van der Waals surface area contributed by atoms with E-state index in [-0.39, 0.29) is 17.2 Å². The number of benzene rings is 2. The molecule has 0 saturated carbocycles. The fraction of sp³-hybridized carbons (Fsp3) is 0.462. The maximum atomic E-state index is 13.0. The van der Waals surface area contributed by atoms with Gasteiger partial charge in [-0.25, -0.2) is 0 Å². The van der Waals surface area contributed by atoms with Gasteiger partial charge in [0.2, 0.25) is 5.91 Å². The summed E-state index contributed by atoms with van der Waals surface area (Å²) >= 11 is 12.2. The highest BCUT2D eigenvalue weighted by Crippen LogP contribution is 2.37.